The summed E-state index contributed by atoms with van der Waals surface area (Å²) in [6.45, 7) is 14.2. The molecule has 1 N–H and O–H groups in total. The van der Waals surface area contributed by atoms with E-state index in [1.54, 1.807) is 6.92 Å². The first kappa shape index (κ1) is 13.7. The van der Waals surface area contributed by atoms with E-state index in [0.29, 0.717) is 11.8 Å². The molecule has 0 aromatic heterocycles. The van der Waals surface area contributed by atoms with Crippen molar-refractivity contribution in [3.63, 3.8) is 0 Å². The maximum absolute atomic E-state index is 12.3. The van der Waals surface area contributed by atoms with E-state index < -0.39 is 11.0 Å². The molecule has 0 aromatic carbocycles. The maximum atomic E-state index is 12.3. The van der Waals surface area contributed by atoms with Crippen LogP contribution in [0.3, 0.4) is 0 Å². The van der Waals surface area contributed by atoms with Gasteiger partial charge in [-0.05, 0) is 24.7 Å². The summed E-state index contributed by atoms with van der Waals surface area (Å²) >= 11 is 0. The van der Waals surface area contributed by atoms with Gasteiger partial charge in [0.15, 0.2) is 5.78 Å². The normalized spacial score (nSPS) is 38.8. The van der Waals surface area contributed by atoms with Gasteiger partial charge in [-0.1, -0.05) is 41.5 Å². The molecule has 1 fully saturated rings. The molecule has 3 atom stereocenters. The van der Waals surface area contributed by atoms with Gasteiger partial charge < -0.3 is 5.11 Å². The molecule has 2 heteroatoms. The van der Waals surface area contributed by atoms with Crippen molar-refractivity contribution in [2.24, 2.45) is 29.1 Å². The Labute approximate surface area is 99.4 Å². The van der Waals surface area contributed by atoms with E-state index in [1.807, 2.05) is 13.8 Å². The van der Waals surface area contributed by atoms with Gasteiger partial charge >= 0.3 is 0 Å². The topological polar surface area (TPSA) is 37.3 Å². The highest BCUT2D eigenvalue weighted by Gasteiger charge is 2.62. The minimum Gasteiger partial charge on any atom is -0.382 e. The zero-order chi connectivity index (χ0) is 12.9. The fraction of sp³-hybridized carbons (Fsp3) is 0.929. The van der Waals surface area contributed by atoms with E-state index in [0.717, 1.165) is 0 Å². The number of hydrogen-bond acceptors (Lipinski definition) is 2. The summed E-state index contributed by atoms with van der Waals surface area (Å²) in [4.78, 5) is 12.3. The summed E-state index contributed by atoms with van der Waals surface area (Å²) in [6, 6.07) is 0. The van der Waals surface area contributed by atoms with Crippen LogP contribution in [0.5, 0.6) is 0 Å². The molecule has 1 rings (SSSR count). The second-order valence-electron chi connectivity index (χ2n) is 6.74. The van der Waals surface area contributed by atoms with Crippen molar-refractivity contribution < 1.29 is 9.90 Å². The molecule has 0 spiro atoms. The van der Waals surface area contributed by atoms with Crippen molar-refractivity contribution in [1.82, 2.24) is 0 Å². The van der Waals surface area contributed by atoms with Crippen LogP contribution in [0.15, 0.2) is 0 Å². The lowest BCUT2D eigenvalue weighted by atomic mass is 9.69. The van der Waals surface area contributed by atoms with Gasteiger partial charge in [0.2, 0.25) is 0 Å². The first-order valence-corrected chi connectivity index (χ1v) is 6.31. The number of aliphatic hydroxyl groups is 1. The van der Waals surface area contributed by atoms with Crippen LogP contribution in [0.25, 0.3) is 0 Å². The van der Waals surface area contributed by atoms with Crippen molar-refractivity contribution in [2.45, 2.75) is 54.1 Å². The molecule has 2 nitrogen and oxygen atoms in total. The van der Waals surface area contributed by atoms with Gasteiger partial charge in [-0.2, -0.15) is 0 Å². The number of hydrogen-bond donors (Lipinski definition) is 1. The van der Waals surface area contributed by atoms with Crippen molar-refractivity contribution in [1.29, 1.82) is 0 Å². The Hall–Kier alpha value is -0.370. The highest BCUT2D eigenvalue weighted by atomic mass is 16.3. The number of ketones is 1. The first-order chi connectivity index (χ1) is 7.04. The third kappa shape index (κ3) is 1.71. The molecule has 0 bridgehead atoms. The van der Waals surface area contributed by atoms with Crippen LogP contribution in [0.4, 0.5) is 0 Å². The van der Waals surface area contributed by atoms with Crippen LogP contribution in [0.2, 0.25) is 0 Å². The molecule has 0 unspecified atom stereocenters. The average Bonchev–Trinajstić information content (AvgIpc) is 2.23. The fourth-order valence-electron chi connectivity index (χ4n) is 4.07. The van der Waals surface area contributed by atoms with Crippen molar-refractivity contribution in [3.05, 3.63) is 0 Å². The van der Waals surface area contributed by atoms with Gasteiger partial charge in [0.05, 0.1) is 0 Å². The molecule has 1 aliphatic carbocycles. The van der Waals surface area contributed by atoms with E-state index in [-0.39, 0.29) is 17.6 Å². The third-order valence-electron chi connectivity index (χ3n) is 4.35. The molecule has 16 heavy (non-hydrogen) atoms. The van der Waals surface area contributed by atoms with Crippen molar-refractivity contribution in [2.75, 3.05) is 0 Å². The molecule has 94 valence electrons. The average molecular weight is 226 g/mol. The highest BCUT2D eigenvalue weighted by molar-refractivity contribution is 5.94. The SMILES string of the molecule is CC(C)[C@@H]1[C@@H](C(C)C)[C@](C)(O)C(=O)C1(C)C. The summed E-state index contributed by atoms with van der Waals surface area (Å²) in [6.07, 6.45) is 0. The molecule has 0 radical (unpaired) electrons. The zero-order valence-corrected chi connectivity index (χ0v) is 11.7. The lowest BCUT2D eigenvalue weighted by molar-refractivity contribution is -0.141. The Morgan fingerprint density at radius 1 is 1.00 bits per heavy atom. The highest BCUT2D eigenvalue weighted by Crippen LogP contribution is 2.54. The quantitative estimate of drug-likeness (QED) is 0.786. The molecule has 0 saturated heterocycles. The predicted octanol–water partition coefficient (Wildman–Crippen LogP) is 2.89. The summed E-state index contributed by atoms with van der Waals surface area (Å²) in [5.41, 5.74) is -1.57. The Kier molecular flexibility index (Phi) is 3.28. The lowest BCUT2D eigenvalue weighted by Crippen LogP contribution is -2.41. The first-order valence-electron chi connectivity index (χ1n) is 6.31. The molecule has 0 heterocycles. The fourth-order valence-corrected chi connectivity index (χ4v) is 4.07. The van der Waals surface area contributed by atoms with Crippen molar-refractivity contribution >= 4 is 5.78 Å². The summed E-state index contributed by atoms with van der Waals surface area (Å²) in [5, 5.41) is 10.5. The molecule has 0 aromatic rings. The van der Waals surface area contributed by atoms with Crippen molar-refractivity contribution in [3.8, 4) is 0 Å². The number of Topliss-reactive ketones (excluding diaryl/α,β-unsaturated/α-hetero) is 1. The molecule has 0 aliphatic heterocycles. The largest absolute Gasteiger partial charge is 0.382 e. The monoisotopic (exact) mass is 226 g/mol. The summed E-state index contributed by atoms with van der Waals surface area (Å²) in [5.74, 6) is 1.08. The van der Waals surface area contributed by atoms with Crippen LogP contribution < -0.4 is 0 Å². The molecule has 1 aliphatic rings. The van der Waals surface area contributed by atoms with Gasteiger partial charge in [0.25, 0.3) is 0 Å². The standard InChI is InChI=1S/C14H26O2/c1-8(2)10-11(9(3)4)14(7,16)12(15)13(10,5)6/h8-11,16H,1-7H3/t10-,11-,14+/m1/s1. The maximum Gasteiger partial charge on any atom is 0.170 e. The minimum absolute atomic E-state index is 0.0115. The van der Waals surface area contributed by atoms with Crippen LogP contribution >= 0.6 is 0 Å². The molecule has 1 saturated carbocycles. The second-order valence-corrected chi connectivity index (χ2v) is 6.74. The predicted molar refractivity (Wildman–Crippen MR) is 66.1 cm³/mol. The number of carbonyl (C=O) groups excluding carboxylic acids is 1. The number of carbonyl (C=O) groups is 1. The van der Waals surface area contributed by atoms with E-state index in [4.69, 9.17) is 0 Å². The van der Waals surface area contributed by atoms with Crippen LogP contribution in [0, 0.1) is 29.1 Å². The molecular weight excluding hydrogens is 200 g/mol. The summed E-state index contributed by atoms with van der Waals surface area (Å²) < 4.78 is 0. The molecular formula is C14H26O2. The van der Waals surface area contributed by atoms with E-state index >= 15 is 0 Å². The van der Waals surface area contributed by atoms with Gasteiger partial charge in [-0.25, -0.2) is 0 Å². The van der Waals surface area contributed by atoms with Gasteiger partial charge in [0.1, 0.15) is 5.60 Å². The Morgan fingerprint density at radius 2 is 1.38 bits per heavy atom. The van der Waals surface area contributed by atoms with Gasteiger partial charge in [0, 0.05) is 11.3 Å². The smallest absolute Gasteiger partial charge is 0.170 e. The Morgan fingerprint density at radius 3 is 1.62 bits per heavy atom. The van der Waals surface area contributed by atoms with E-state index in [2.05, 4.69) is 27.7 Å². The van der Waals surface area contributed by atoms with Crippen LogP contribution in [-0.2, 0) is 4.79 Å². The third-order valence-corrected chi connectivity index (χ3v) is 4.35. The lowest BCUT2D eigenvalue weighted by Gasteiger charge is -2.36. The van der Waals surface area contributed by atoms with Crippen LogP contribution in [-0.4, -0.2) is 16.5 Å². The Balaban J connectivity index is 3.28. The number of rotatable bonds is 2. The van der Waals surface area contributed by atoms with E-state index in [1.165, 1.54) is 0 Å². The second kappa shape index (κ2) is 3.83. The van der Waals surface area contributed by atoms with Gasteiger partial charge in [-0.3, -0.25) is 4.79 Å². The zero-order valence-electron chi connectivity index (χ0n) is 11.7. The Bertz CT molecular complexity index is 259. The summed E-state index contributed by atoms with van der Waals surface area (Å²) in [7, 11) is 0. The van der Waals surface area contributed by atoms with Crippen LogP contribution in [0.1, 0.15) is 48.5 Å². The van der Waals surface area contributed by atoms with Gasteiger partial charge in [-0.15, -0.1) is 0 Å². The van der Waals surface area contributed by atoms with E-state index in [9.17, 15) is 9.90 Å². The molecule has 0 amide bonds. The minimum atomic E-state index is -1.16.